The Kier molecular flexibility index (Phi) is 6.00. The van der Waals surface area contributed by atoms with E-state index in [0.717, 1.165) is 38.1 Å². The standard InChI is InChI=1S/C17H27FN2O/c1-13(2)19-11-15-10-16(18)4-5-17(15)20-8-6-14(7-9-20)12-21-3/h4-5,10,13-14,19H,6-9,11-12H2,1-3H3. The van der Waals surface area contributed by atoms with Gasteiger partial charge in [0.2, 0.25) is 0 Å². The first-order chi connectivity index (χ1) is 10.1. The van der Waals surface area contributed by atoms with Gasteiger partial charge in [-0.15, -0.1) is 0 Å². The fourth-order valence-corrected chi connectivity index (χ4v) is 2.89. The molecule has 118 valence electrons. The second kappa shape index (κ2) is 7.76. The maximum absolute atomic E-state index is 13.5. The van der Waals surface area contributed by atoms with Gasteiger partial charge in [-0.1, -0.05) is 13.8 Å². The third kappa shape index (κ3) is 4.68. The predicted octanol–water partition coefficient (Wildman–Crippen LogP) is 3.19. The summed E-state index contributed by atoms with van der Waals surface area (Å²) in [6.45, 7) is 7.81. The lowest BCUT2D eigenvalue weighted by atomic mass is 9.96. The number of nitrogens with one attached hydrogen (secondary N) is 1. The van der Waals surface area contributed by atoms with Gasteiger partial charge in [0, 0.05) is 45.1 Å². The lowest BCUT2D eigenvalue weighted by Gasteiger charge is -2.34. The molecule has 0 aromatic heterocycles. The molecule has 1 fully saturated rings. The van der Waals surface area contributed by atoms with Crippen LogP contribution in [-0.4, -0.2) is 32.8 Å². The molecule has 1 heterocycles. The molecule has 1 aromatic carbocycles. The summed E-state index contributed by atoms with van der Waals surface area (Å²) in [5.41, 5.74) is 2.22. The average molecular weight is 294 g/mol. The molecule has 0 saturated carbocycles. The van der Waals surface area contributed by atoms with Crippen LogP contribution in [0.2, 0.25) is 0 Å². The zero-order valence-corrected chi connectivity index (χ0v) is 13.4. The lowest BCUT2D eigenvalue weighted by molar-refractivity contribution is 0.139. The second-order valence-corrected chi connectivity index (χ2v) is 6.19. The van der Waals surface area contributed by atoms with E-state index in [2.05, 4.69) is 24.1 Å². The number of hydrogen-bond donors (Lipinski definition) is 1. The van der Waals surface area contributed by atoms with Crippen LogP contribution >= 0.6 is 0 Å². The predicted molar refractivity (Wildman–Crippen MR) is 85.2 cm³/mol. The summed E-state index contributed by atoms with van der Waals surface area (Å²) in [5, 5.41) is 3.38. The third-order valence-corrected chi connectivity index (χ3v) is 4.10. The van der Waals surface area contributed by atoms with E-state index in [4.69, 9.17) is 4.74 Å². The number of methoxy groups -OCH3 is 1. The molecule has 1 aliphatic heterocycles. The summed E-state index contributed by atoms with van der Waals surface area (Å²) in [7, 11) is 1.77. The molecule has 0 radical (unpaired) electrons. The molecule has 4 heteroatoms. The highest BCUT2D eigenvalue weighted by Gasteiger charge is 2.21. The van der Waals surface area contributed by atoms with Crippen molar-refractivity contribution in [1.29, 1.82) is 0 Å². The first kappa shape index (κ1) is 16.2. The Labute approximate surface area is 127 Å². The maximum atomic E-state index is 13.5. The molecule has 2 rings (SSSR count). The number of nitrogens with zero attached hydrogens (tertiary/aromatic N) is 1. The molecule has 0 bridgehead atoms. The van der Waals surface area contributed by atoms with Crippen molar-refractivity contribution in [2.75, 3.05) is 31.7 Å². The Bertz CT molecular complexity index is 442. The van der Waals surface area contributed by atoms with Crippen LogP contribution < -0.4 is 10.2 Å². The van der Waals surface area contributed by atoms with Gasteiger partial charge in [0.15, 0.2) is 0 Å². The van der Waals surface area contributed by atoms with Crippen LogP contribution in [0.3, 0.4) is 0 Å². The number of halogens is 1. The van der Waals surface area contributed by atoms with Crippen molar-refractivity contribution in [3.63, 3.8) is 0 Å². The topological polar surface area (TPSA) is 24.5 Å². The fraction of sp³-hybridized carbons (Fsp3) is 0.647. The Hall–Kier alpha value is -1.13. The largest absolute Gasteiger partial charge is 0.384 e. The van der Waals surface area contributed by atoms with Crippen LogP contribution in [-0.2, 0) is 11.3 Å². The number of anilines is 1. The minimum atomic E-state index is -0.159. The van der Waals surface area contributed by atoms with E-state index in [9.17, 15) is 4.39 Å². The van der Waals surface area contributed by atoms with E-state index in [1.165, 1.54) is 5.69 Å². The summed E-state index contributed by atoms with van der Waals surface area (Å²) in [6.07, 6.45) is 2.28. The van der Waals surface area contributed by atoms with Crippen LogP contribution in [0.5, 0.6) is 0 Å². The van der Waals surface area contributed by atoms with Crippen molar-refractivity contribution < 1.29 is 9.13 Å². The molecule has 0 amide bonds. The van der Waals surface area contributed by atoms with E-state index in [1.54, 1.807) is 19.2 Å². The summed E-state index contributed by atoms with van der Waals surface area (Å²) in [5.74, 6) is 0.498. The van der Waals surface area contributed by atoms with E-state index in [0.29, 0.717) is 18.5 Å². The maximum Gasteiger partial charge on any atom is 0.123 e. The quantitative estimate of drug-likeness (QED) is 0.872. The van der Waals surface area contributed by atoms with E-state index < -0.39 is 0 Å². The van der Waals surface area contributed by atoms with Gasteiger partial charge in [-0.25, -0.2) is 4.39 Å². The van der Waals surface area contributed by atoms with Crippen molar-refractivity contribution in [1.82, 2.24) is 5.32 Å². The van der Waals surface area contributed by atoms with Gasteiger partial charge >= 0.3 is 0 Å². The molecule has 0 aliphatic carbocycles. The Morgan fingerprint density at radius 3 is 2.67 bits per heavy atom. The molecule has 1 aromatic rings. The number of piperidine rings is 1. The van der Waals surface area contributed by atoms with Crippen molar-refractivity contribution in [2.45, 2.75) is 39.3 Å². The molecular weight excluding hydrogens is 267 g/mol. The Balaban J connectivity index is 2.05. The highest BCUT2D eigenvalue weighted by Crippen LogP contribution is 2.27. The van der Waals surface area contributed by atoms with Crippen molar-refractivity contribution in [2.24, 2.45) is 5.92 Å². The van der Waals surface area contributed by atoms with E-state index >= 15 is 0 Å². The summed E-state index contributed by atoms with van der Waals surface area (Å²) in [4.78, 5) is 2.38. The van der Waals surface area contributed by atoms with Crippen LogP contribution in [0, 0.1) is 11.7 Å². The molecule has 0 spiro atoms. The molecule has 1 N–H and O–H groups in total. The molecule has 3 nitrogen and oxygen atoms in total. The van der Waals surface area contributed by atoms with Crippen LogP contribution in [0.15, 0.2) is 18.2 Å². The molecule has 0 atom stereocenters. The minimum absolute atomic E-state index is 0.159. The van der Waals surface area contributed by atoms with E-state index in [1.807, 2.05) is 6.07 Å². The zero-order chi connectivity index (χ0) is 15.2. The second-order valence-electron chi connectivity index (χ2n) is 6.19. The number of hydrogen-bond acceptors (Lipinski definition) is 3. The van der Waals surface area contributed by atoms with Gasteiger partial charge in [0.1, 0.15) is 5.82 Å². The van der Waals surface area contributed by atoms with Crippen molar-refractivity contribution >= 4 is 5.69 Å². The van der Waals surface area contributed by atoms with Gasteiger partial charge in [-0.3, -0.25) is 0 Å². The van der Waals surface area contributed by atoms with E-state index in [-0.39, 0.29) is 5.82 Å². The van der Waals surface area contributed by atoms with Gasteiger partial charge in [0.25, 0.3) is 0 Å². The van der Waals surface area contributed by atoms with Crippen molar-refractivity contribution in [3.05, 3.63) is 29.6 Å². The monoisotopic (exact) mass is 294 g/mol. The Morgan fingerprint density at radius 1 is 1.33 bits per heavy atom. The number of rotatable bonds is 6. The number of benzene rings is 1. The number of ether oxygens (including phenoxy) is 1. The summed E-state index contributed by atoms with van der Waals surface area (Å²) < 4.78 is 18.8. The molecule has 21 heavy (non-hydrogen) atoms. The SMILES string of the molecule is COCC1CCN(c2ccc(F)cc2CNC(C)C)CC1. The molecule has 1 saturated heterocycles. The molecule has 1 aliphatic rings. The average Bonchev–Trinajstić information content (AvgIpc) is 2.46. The summed E-state index contributed by atoms with van der Waals surface area (Å²) in [6, 6.07) is 5.54. The minimum Gasteiger partial charge on any atom is -0.384 e. The summed E-state index contributed by atoms with van der Waals surface area (Å²) >= 11 is 0. The molecular formula is C17H27FN2O. The van der Waals surface area contributed by atoms with Crippen LogP contribution in [0.1, 0.15) is 32.3 Å². The van der Waals surface area contributed by atoms with Gasteiger partial charge in [0.05, 0.1) is 0 Å². The van der Waals surface area contributed by atoms with Gasteiger partial charge in [-0.2, -0.15) is 0 Å². The van der Waals surface area contributed by atoms with Crippen LogP contribution in [0.4, 0.5) is 10.1 Å². The first-order valence-electron chi connectivity index (χ1n) is 7.86. The first-order valence-corrected chi connectivity index (χ1v) is 7.86. The third-order valence-electron chi connectivity index (χ3n) is 4.10. The Morgan fingerprint density at radius 2 is 2.05 bits per heavy atom. The molecule has 0 unspecified atom stereocenters. The fourth-order valence-electron chi connectivity index (χ4n) is 2.89. The highest BCUT2D eigenvalue weighted by molar-refractivity contribution is 5.54. The smallest absolute Gasteiger partial charge is 0.123 e. The van der Waals surface area contributed by atoms with Gasteiger partial charge in [-0.05, 0) is 42.5 Å². The van der Waals surface area contributed by atoms with Crippen molar-refractivity contribution in [3.8, 4) is 0 Å². The lowest BCUT2D eigenvalue weighted by Crippen LogP contribution is -2.36. The van der Waals surface area contributed by atoms with Gasteiger partial charge < -0.3 is 15.0 Å². The highest BCUT2D eigenvalue weighted by atomic mass is 19.1. The van der Waals surface area contributed by atoms with Crippen LogP contribution in [0.25, 0.3) is 0 Å². The zero-order valence-electron chi connectivity index (χ0n) is 13.4. The normalized spacial score (nSPS) is 16.7.